The molecular formula is C17H28N2O2. The molecule has 0 aromatic heterocycles. The average molecular weight is 292 g/mol. The van der Waals surface area contributed by atoms with Crippen LogP contribution < -0.4 is 5.73 Å². The predicted molar refractivity (Wildman–Crippen MR) is 86.4 cm³/mol. The number of nitrogens with two attached hydrogens (primary N) is 1. The molecule has 0 aliphatic heterocycles. The Balaban J connectivity index is 2.96. The Morgan fingerprint density at radius 2 is 1.81 bits per heavy atom. The summed E-state index contributed by atoms with van der Waals surface area (Å²) in [5.41, 5.74) is 8.90. The molecule has 0 saturated carbocycles. The van der Waals surface area contributed by atoms with Gasteiger partial charge in [-0.15, -0.1) is 0 Å². The molecule has 1 rings (SSSR count). The van der Waals surface area contributed by atoms with Crippen molar-refractivity contribution in [2.75, 3.05) is 14.1 Å². The minimum absolute atomic E-state index is 0.0878. The molecule has 0 aliphatic carbocycles. The second-order valence-electron chi connectivity index (χ2n) is 6.12. The number of amides is 1. The molecule has 1 aromatic carbocycles. The zero-order chi connectivity index (χ0) is 16.2. The first-order valence-corrected chi connectivity index (χ1v) is 7.51. The van der Waals surface area contributed by atoms with Crippen molar-refractivity contribution >= 4 is 5.91 Å². The first-order valence-electron chi connectivity index (χ1n) is 7.51. The van der Waals surface area contributed by atoms with Gasteiger partial charge in [0.25, 0.3) is 0 Å². The van der Waals surface area contributed by atoms with E-state index in [0.29, 0.717) is 5.75 Å². The number of rotatable bonds is 7. The summed E-state index contributed by atoms with van der Waals surface area (Å²) in [6.45, 7) is 6.03. The maximum atomic E-state index is 11.5. The van der Waals surface area contributed by atoms with Crippen LogP contribution in [0, 0.1) is 19.8 Å². The third kappa shape index (κ3) is 4.74. The Labute approximate surface area is 128 Å². The molecule has 4 heteroatoms. The second kappa shape index (κ2) is 7.46. The van der Waals surface area contributed by atoms with E-state index in [4.69, 9.17) is 5.73 Å². The molecule has 21 heavy (non-hydrogen) atoms. The van der Waals surface area contributed by atoms with Gasteiger partial charge < -0.3 is 15.7 Å². The van der Waals surface area contributed by atoms with E-state index < -0.39 is 0 Å². The number of carbonyl (C=O) groups is 1. The lowest BCUT2D eigenvalue weighted by atomic mass is 9.89. The van der Waals surface area contributed by atoms with Gasteiger partial charge in [0.2, 0.25) is 5.91 Å². The van der Waals surface area contributed by atoms with Gasteiger partial charge in [0.15, 0.2) is 0 Å². The quantitative estimate of drug-likeness (QED) is 0.811. The normalized spacial score (nSPS) is 14.2. The van der Waals surface area contributed by atoms with Crippen molar-refractivity contribution in [2.45, 2.75) is 46.1 Å². The van der Waals surface area contributed by atoms with E-state index in [0.717, 1.165) is 30.4 Å². The number of carbonyl (C=O) groups excluding carboxylic acids is 1. The number of likely N-dealkylation sites (N-methyl/N-ethyl adjacent to an activating group) is 1. The van der Waals surface area contributed by atoms with E-state index in [1.54, 1.807) is 12.1 Å². The lowest BCUT2D eigenvalue weighted by Gasteiger charge is -2.28. The van der Waals surface area contributed by atoms with Crippen molar-refractivity contribution < 1.29 is 9.90 Å². The van der Waals surface area contributed by atoms with Crippen LogP contribution in [0.25, 0.3) is 0 Å². The van der Waals surface area contributed by atoms with Crippen LogP contribution in [-0.2, 0) is 11.2 Å². The second-order valence-corrected chi connectivity index (χ2v) is 6.12. The van der Waals surface area contributed by atoms with Gasteiger partial charge in [-0.25, -0.2) is 0 Å². The topological polar surface area (TPSA) is 66.6 Å². The van der Waals surface area contributed by atoms with E-state index >= 15 is 0 Å². The van der Waals surface area contributed by atoms with Gasteiger partial charge in [0.1, 0.15) is 5.75 Å². The first-order chi connectivity index (χ1) is 9.76. The van der Waals surface area contributed by atoms with Crippen molar-refractivity contribution in [3.05, 3.63) is 28.8 Å². The molecule has 0 saturated heterocycles. The number of phenols is 1. The van der Waals surface area contributed by atoms with Crippen LogP contribution in [0.4, 0.5) is 0 Å². The monoisotopic (exact) mass is 292 g/mol. The van der Waals surface area contributed by atoms with E-state index in [1.807, 2.05) is 34.9 Å². The SMILES string of the molecule is CCC(C[C@@H](Cc1c(C)cc(O)cc1C)N(C)C)C(N)=O. The Bertz CT molecular complexity index is 475. The number of hydrogen-bond donors (Lipinski definition) is 2. The number of aryl methyl sites for hydroxylation is 2. The molecule has 0 heterocycles. The maximum absolute atomic E-state index is 11.5. The molecule has 0 aliphatic rings. The first kappa shape index (κ1) is 17.5. The van der Waals surface area contributed by atoms with Gasteiger partial charge in [0.05, 0.1) is 0 Å². The van der Waals surface area contributed by atoms with Gasteiger partial charge in [-0.2, -0.15) is 0 Å². The van der Waals surface area contributed by atoms with E-state index in [1.165, 1.54) is 5.56 Å². The highest BCUT2D eigenvalue weighted by Crippen LogP contribution is 2.25. The number of aromatic hydroxyl groups is 1. The zero-order valence-corrected chi connectivity index (χ0v) is 13.8. The van der Waals surface area contributed by atoms with E-state index in [-0.39, 0.29) is 17.9 Å². The fourth-order valence-electron chi connectivity index (χ4n) is 2.82. The van der Waals surface area contributed by atoms with E-state index in [2.05, 4.69) is 4.90 Å². The number of nitrogens with zero attached hydrogens (tertiary/aromatic N) is 1. The summed E-state index contributed by atoms with van der Waals surface area (Å²) < 4.78 is 0. The highest BCUT2D eigenvalue weighted by atomic mass is 16.3. The summed E-state index contributed by atoms with van der Waals surface area (Å²) in [6, 6.07) is 3.84. The van der Waals surface area contributed by atoms with Crippen molar-refractivity contribution in [2.24, 2.45) is 11.7 Å². The minimum atomic E-state index is -0.219. The number of primary amides is 1. The maximum Gasteiger partial charge on any atom is 0.220 e. The molecule has 118 valence electrons. The lowest BCUT2D eigenvalue weighted by molar-refractivity contribution is -0.122. The molecule has 0 fully saturated rings. The summed E-state index contributed by atoms with van der Waals surface area (Å²) in [5, 5.41) is 9.65. The molecular weight excluding hydrogens is 264 g/mol. The van der Waals surface area contributed by atoms with Crippen molar-refractivity contribution in [3.63, 3.8) is 0 Å². The molecule has 0 bridgehead atoms. The molecule has 0 radical (unpaired) electrons. The van der Waals surface area contributed by atoms with Crippen LogP contribution in [0.2, 0.25) is 0 Å². The largest absolute Gasteiger partial charge is 0.508 e. The third-order valence-electron chi connectivity index (χ3n) is 4.30. The molecule has 1 amide bonds. The van der Waals surface area contributed by atoms with Gasteiger partial charge in [-0.05, 0) is 76.0 Å². The Morgan fingerprint density at radius 1 is 1.29 bits per heavy atom. The number of benzene rings is 1. The fraction of sp³-hybridized carbons (Fsp3) is 0.588. The van der Waals surface area contributed by atoms with E-state index in [9.17, 15) is 9.90 Å². The van der Waals surface area contributed by atoms with Gasteiger partial charge in [-0.1, -0.05) is 6.92 Å². The smallest absolute Gasteiger partial charge is 0.220 e. The lowest BCUT2D eigenvalue weighted by Crippen LogP contribution is -2.36. The highest BCUT2D eigenvalue weighted by Gasteiger charge is 2.22. The van der Waals surface area contributed by atoms with Gasteiger partial charge in [0, 0.05) is 12.0 Å². The molecule has 2 atom stereocenters. The van der Waals surface area contributed by atoms with Crippen molar-refractivity contribution in [1.29, 1.82) is 0 Å². The highest BCUT2D eigenvalue weighted by molar-refractivity contribution is 5.76. The summed E-state index contributed by atoms with van der Waals surface area (Å²) >= 11 is 0. The van der Waals surface area contributed by atoms with Crippen LogP contribution >= 0.6 is 0 Å². The fourth-order valence-corrected chi connectivity index (χ4v) is 2.82. The third-order valence-corrected chi connectivity index (χ3v) is 4.30. The summed E-state index contributed by atoms with van der Waals surface area (Å²) in [7, 11) is 4.06. The van der Waals surface area contributed by atoms with Crippen LogP contribution in [0.15, 0.2) is 12.1 Å². The Hall–Kier alpha value is -1.55. The predicted octanol–water partition coefficient (Wildman–Crippen LogP) is 2.38. The molecule has 0 spiro atoms. The summed E-state index contributed by atoms with van der Waals surface area (Å²) in [4.78, 5) is 13.6. The molecule has 1 aromatic rings. The summed E-state index contributed by atoms with van der Waals surface area (Å²) in [5.74, 6) is -0.00245. The molecule has 4 nitrogen and oxygen atoms in total. The Morgan fingerprint density at radius 3 is 2.19 bits per heavy atom. The van der Waals surface area contributed by atoms with Crippen molar-refractivity contribution in [1.82, 2.24) is 4.90 Å². The number of hydrogen-bond acceptors (Lipinski definition) is 3. The van der Waals surface area contributed by atoms with Crippen LogP contribution in [0.3, 0.4) is 0 Å². The molecule has 1 unspecified atom stereocenters. The van der Waals surface area contributed by atoms with Crippen LogP contribution in [0.1, 0.15) is 36.5 Å². The number of phenolic OH excluding ortho intramolecular Hbond substituents is 1. The average Bonchev–Trinajstić information content (AvgIpc) is 2.36. The van der Waals surface area contributed by atoms with Gasteiger partial charge >= 0.3 is 0 Å². The van der Waals surface area contributed by atoms with Crippen LogP contribution in [0.5, 0.6) is 5.75 Å². The Kier molecular flexibility index (Phi) is 6.21. The zero-order valence-electron chi connectivity index (χ0n) is 13.8. The summed E-state index contributed by atoms with van der Waals surface area (Å²) in [6.07, 6.45) is 2.39. The minimum Gasteiger partial charge on any atom is -0.508 e. The van der Waals surface area contributed by atoms with Crippen LogP contribution in [-0.4, -0.2) is 36.1 Å². The standard InChI is InChI=1S/C17H28N2O2/c1-6-13(17(18)21)9-14(19(4)5)10-16-11(2)7-15(20)8-12(16)3/h7-8,13-14,20H,6,9-10H2,1-5H3,(H2,18,21)/t13?,14-/m0/s1. The van der Waals surface area contributed by atoms with Gasteiger partial charge in [-0.3, -0.25) is 4.79 Å². The van der Waals surface area contributed by atoms with Crippen molar-refractivity contribution in [3.8, 4) is 5.75 Å². The molecule has 3 N–H and O–H groups in total.